The van der Waals surface area contributed by atoms with Gasteiger partial charge in [-0.05, 0) is 30.3 Å². The Labute approximate surface area is 121 Å². The first kappa shape index (κ1) is 14.4. The monoisotopic (exact) mass is 341 g/mol. The van der Waals surface area contributed by atoms with E-state index in [9.17, 15) is 14.5 Å². The van der Waals surface area contributed by atoms with E-state index in [0.717, 1.165) is 0 Å². The lowest BCUT2D eigenvalue weighted by Gasteiger charge is -2.08. The molecule has 2 aromatic carbocycles. The topological polar surface area (TPSA) is 72.6 Å². The number of aliphatic hydroxyl groups is 1. The predicted molar refractivity (Wildman–Crippen MR) is 73.2 cm³/mol. The molecule has 7 heteroatoms. The van der Waals surface area contributed by atoms with Crippen LogP contribution in [0.25, 0.3) is 0 Å². The van der Waals surface area contributed by atoms with E-state index in [1.165, 1.54) is 36.4 Å². The van der Waals surface area contributed by atoms with E-state index < -0.39 is 17.3 Å². The molecule has 0 aliphatic rings. The quantitative estimate of drug-likeness (QED) is 0.678. The van der Waals surface area contributed by atoms with Gasteiger partial charge < -0.3 is 9.84 Å². The van der Waals surface area contributed by atoms with Crippen LogP contribution in [0.3, 0.4) is 0 Å². The number of aliphatic hydroxyl groups excluding tert-OH is 1. The highest BCUT2D eigenvalue weighted by atomic mass is 79.9. The lowest BCUT2D eigenvalue weighted by molar-refractivity contribution is -0.385. The van der Waals surface area contributed by atoms with Gasteiger partial charge in [-0.2, -0.15) is 0 Å². The SMILES string of the molecule is O=[N+]([O-])c1ccc(Oc2cc(Br)ccc2F)cc1CO. The molecule has 5 nitrogen and oxygen atoms in total. The minimum atomic E-state index is -0.602. The largest absolute Gasteiger partial charge is 0.454 e. The third kappa shape index (κ3) is 3.12. The number of hydrogen-bond donors (Lipinski definition) is 1. The highest BCUT2D eigenvalue weighted by Crippen LogP contribution is 2.30. The van der Waals surface area contributed by atoms with Crippen molar-refractivity contribution < 1.29 is 19.2 Å². The lowest BCUT2D eigenvalue weighted by atomic mass is 10.2. The van der Waals surface area contributed by atoms with Crippen LogP contribution in [0.5, 0.6) is 11.5 Å². The van der Waals surface area contributed by atoms with Crippen molar-refractivity contribution in [2.24, 2.45) is 0 Å². The zero-order valence-electron chi connectivity index (χ0n) is 10.0. The first-order chi connectivity index (χ1) is 9.51. The summed E-state index contributed by atoms with van der Waals surface area (Å²) in [4.78, 5) is 10.1. The Hall–Kier alpha value is -1.99. The molecule has 20 heavy (non-hydrogen) atoms. The van der Waals surface area contributed by atoms with Crippen LogP contribution in [0, 0.1) is 15.9 Å². The number of nitro benzene ring substituents is 1. The number of benzene rings is 2. The Morgan fingerprint density at radius 3 is 2.70 bits per heavy atom. The molecule has 0 bridgehead atoms. The summed E-state index contributed by atoms with van der Waals surface area (Å²) in [6, 6.07) is 8.05. The van der Waals surface area contributed by atoms with E-state index in [0.29, 0.717) is 4.47 Å². The van der Waals surface area contributed by atoms with Crippen molar-refractivity contribution in [3.05, 3.63) is 62.4 Å². The van der Waals surface area contributed by atoms with Crippen LogP contribution in [0.4, 0.5) is 10.1 Å². The molecule has 0 aromatic heterocycles. The van der Waals surface area contributed by atoms with Crippen molar-refractivity contribution in [3.8, 4) is 11.5 Å². The Kier molecular flexibility index (Phi) is 4.31. The zero-order chi connectivity index (χ0) is 14.7. The first-order valence-corrected chi connectivity index (χ1v) is 6.31. The molecule has 2 rings (SSSR count). The van der Waals surface area contributed by atoms with Gasteiger partial charge in [-0.3, -0.25) is 10.1 Å². The van der Waals surface area contributed by atoms with Crippen molar-refractivity contribution in [3.63, 3.8) is 0 Å². The predicted octanol–water partition coefficient (Wildman–Crippen LogP) is 3.78. The first-order valence-electron chi connectivity index (χ1n) is 5.52. The molecule has 0 saturated carbocycles. The van der Waals surface area contributed by atoms with Gasteiger partial charge >= 0.3 is 0 Å². The molecule has 0 radical (unpaired) electrons. The van der Waals surface area contributed by atoms with Crippen molar-refractivity contribution >= 4 is 21.6 Å². The maximum absolute atomic E-state index is 13.5. The van der Waals surface area contributed by atoms with Gasteiger partial charge in [0.1, 0.15) is 5.75 Å². The summed E-state index contributed by atoms with van der Waals surface area (Å²) >= 11 is 3.19. The summed E-state index contributed by atoms with van der Waals surface area (Å²) in [6.07, 6.45) is 0. The third-order valence-corrected chi connectivity index (χ3v) is 3.03. The second kappa shape index (κ2) is 5.98. The molecule has 0 fully saturated rings. The molecular formula is C13H9BrFNO4. The molecule has 0 amide bonds. The minimum Gasteiger partial charge on any atom is -0.454 e. The number of ether oxygens (including phenoxy) is 1. The molecule has 104 valence electrons. The summed E-state index contributed by atoms with van der Waals surface area (Å²) in [6.45, 7) is -0.505. The van der Waals surface area contributed by atoms with Crippen LogP contribution in [0.2, 0.25) is 0 Å². The summed E-state index contributed by atoms with van der Waals surface area (Å²) in [5.74, 6) is -0.370. The van der Waals surface area contributed by atoms with Gasteiger partial charge in [-0.15, -0.1) is 0 Å². The number of rotatable bonds is 4. The summed E-state index contributed by atoms with van der Waals surface area (Å²) in [7, 11) is 0. The van der Waals surface area contributed by atoms with Crippen molar-refractivity contribution in [1.82, 2.24) is 0 Å². The van der Waals surface area contributed by atoms with Gasteiger partial charge in [0.25, 0.3) is 5.69 Å². The molecule has 0 aliphatic heterocycles. The molecular weight excluding hydrogens is 333 g/mol. The zero-order valence-corrected chi connectivity index (χ0v) is 11.6. The average molecular weight is 342 g/mol. The summed E-state index contributed by atoms with van der Waals surface area (Å²) in [5.41, 5.74) is -0.113. The highest BCUT2D eigenvalue weighted by molar-refractivity contribution is 9.10. The number of nitro groups is 1. The summed E-state index contributed by atoms with van der Waals surface area (Å²) in [5, 5.41) is 19.9. The van der Waals surface area contributed by atoms with E-state index in [2.05, 4.69) is 15.9 Å². The Bertz CT molecular complexity index is 663. The van der Waals surface area contributed by atoms with Crippen molar-refractivity contribution in [1.29, 1.82) is 0 Å². The maximum Gasteiger partial charge on any atom is 0.275 e. The smallest absolute Gasteiger partial charge is 0.275 e. The van der Waals surface area contributed by atoms with Crippen LogP contribution in [0.15, 0.2) is 40.9 Å². The van der Waals surface area contributed by atoms with E-state index in [4.69, 9.17) is 9.84 Å². The lowest BCUT2D eigenvalue weighted by Crippen LogP contribution is -1.96. The highest BCUT2D eigenvalue weighted by Gasteiger charge is 2.14. The van der Waals surface area contributed by atoms with E-state index in [1.54, 1.807) is 0 Å². The molecule has 0 heterocycles. The molecule has 1 N–H and O–H groups in total. The molecule has 0 saturated heterocycles. The number of halogens is 2. The minimum absolute atomic E-state index is 0.0166. The van der Waals surface area contributed by atoms with Gasteiger partial charge in [-0.25, -0.2) is 4.39 Å². The summed E-state index contributed by atoms with van der Waals surface area (Å²) < 4.78 is 19.5. The fourth-order valence-electron chi connectivity index (χ4n) is 1.61. The second-order valence-electron chi connectivity index (χ2n) is 3.88. The Morgan fingerprint density at radius 2 is 2.05 bits per heavy atom. The van der Waals surface area contributed by atoms with Crippen LogP contribution in [-0.2, 0) is 6.61 Å². The molecule has 0 spiro atoms. The molecule has 2 aromatic rings. The van der Waals surface area contributed by atoms with Crippen molar-refractivity contribution in [2.45, 2.75) is 6.61 Å². The van der Waals surface area contributed by atoms with Gasteiger partial charge in [0.2, 0.25) is 0 Å². The molecule has 0 aliphatic carbocycles. The fourth-order valence-corrected chi connectivity index (χ4v) is 1.95. The van der Waals surface area contributed by atoms with Crippen LogP contribution in [-0.4, -0.2) is 10.0 Å². The molecule has 0 unspecified atom stereocenters. The Morgan fingerprint density at radius 1 is 1.30 bits per heavy atom. The van der Waals surface area contributed by atoms with Gasteiger partial charge in [0.05, 0.1) is 17.1 Å². The standard InChI is InChI=1S/C13H9BrFNO4/c14-9-1-3-11(15)13(6-9)20-10-2-4-12(16(18)19)8(5-10)7-17/h1-6,17H,7H2. The van der Waals surface area contributed by atoms with E-state index in [1.807, 2.05) is 0 Å². The third-order valence-electron chi connectivity index (χ3n) is 2.54. The Balaban J connectivity index is 2.34. The second-order valence-corrected chi connectivity index (χ2v) is 4.80. The van der Waals surface area contributed by atoms with Gasteiger partial charge in [0.15, 0.2) is 11.6 Å². The number of hydrogen-bond acceptors (Lipinski definition) is 4. The van der Waals surface area contributed by atoms with Gasteiger partial charge in [0, 0.05) is 10.5 Å². The maximum atomic E-state index is 13.5. The fraction of sp³-hybridized carbons (Fsp3) is 0.0769. The average Bonchev–Trinajstić information content (AvgIpc) is 2.42. The normalized spacial score (nSPS) is 10.3. The van der Waals surface area contributed by atoms with Gasteiger partial charge in [-0.1, -0.05) is 15.9 Å². The van der Waals surface area contributed by atoms with Crippen LogP contribution in [0.1, 0.15) is 5.56 Å². The van der Waals surface area contributed by atoms with E-state index in [-0.39, 0.29) is 22.7 Å². The van der Waals surface area contributed by atoms with Crippen LogP contribution < -0.4 is 4.74 Å². The molecule has 0 atom stereocenters. The van der Waals surface area contributed by atoms with Crippen molar-refractivity contribution in [2.75, 3.05) is 0 Å². The van der Waals surface area contributed by atoms with Crippen LogP contribution >= 0.6 is 15.9 Å². The number of nitrogens with zero attached hydrogens (tertiary/aromatic N) is 1. The van der Waals surface area contributed by atoms with E-state index >= 15 is 0 Å².